The Labute approximate surface area is 199 Å². The number of rotatable bonds is 10. The summed E-state index contributed by atoms with van der Waals surface area (Å²) in [5.41, 5.74) is 1.57. The molecular formula is C23H30ClN3O2S2. The largest absolute Gasteiger partial charge is 0.494 e. The topological polar surface area (TPSA) is 45.7 Å². The number of thioether (sulfide) groups is 1. The molecule has 3 rings (SSSR count). The van der Waals surface area contributed by atoms with Crippen LogP contribution in [0.5, 0.6) is 5.75 Å². The Hall–Kier alpha value is -1.80. The van der Waals surface area contributed by atoms with Gasteiger partial charge in [-0.15, -0.1) is 24.2 Å². The van der Waals surface area contributed by atoms with Crippen molar-refractivity contribution in [3.05, 3.63) is 48.0 Å². The Morgan fingerprint density at radius 2 is 1.77 bits per heavy atom. The van der Waals surface area contributed by atoms with Gasteiger partial charge in [-0.1, -0.05) is 25.2 Å². The Morgan fingerprint density at radius 3 is 2.39 bits per heavy atom. The molecule has 0 aliphatic carbocycles. The van der Waals surface area contributed by atoms with Gasteiger partial charge in [-0.25, -0.2) is 4.98 Å². The van der Waals surface area contributed by atoms with Crippen molar-refractivity contribution in [2.75, 3.05) is 43.9 Å². The summed E-state index contributed by atoms with van der Waals surface area (Å²) in [6.45, 7) is 10.2. The number of thiazole rings is 1. The van der Waals surface area contributed by atoms with Crippen molar-refractivity contribution >= 4 is 56.8 Å². The van der Waals surface area contributed by atoms with E-state index in [0.29, 0.717) is 18.7 Å². The van der Waals surface area contributed by atoms with Crippen molar-refractivity contribution in [2.45, 2.75) is 25.7 Å². The monoisotopic (exact) mass is 479 g/mol. The van der Waals surface area contributed by atoms with Gasteiger partial charge in [-0.3, -0.25) is 9.69 Å². The first kappa shape index (κ1) is 25.5. The Bertz CT molecular complexity index is 975. The highest BCUT2D eigenvalue weighted by atomic mass is 35.5. The van der Waals surface area contributed by atoms with E-state index >= 15 is 0 Å². The van der Waals surface area contributed by atoms with Gasteiger partial charge in [0.2, 0.25) is 0 Å². The number of nitrogens with zero attached hydrogens (tertiary/aromatic N) is 3. The molecule has 0 N–H and O–H groups in total. The van der Waals surface area contributed by atoms with Gasteiger partial charge in [0.15, 0.2) is 5.13 Å². The van der Waals surface area contributed by atoms with Crippen LogP contribution in [-0.2, 0) is 0 Å². The molecule has 168 valence electrons. The van der Waals surface area contributed by atoms with Crippen LogP contribution >= 0.6 is 35.5 Å². The highest BCUT2D eigenvalue weighted by Crippen LogP contribution is 2.32. The fourth-order valence-electron chi connectivity index (χ4n) is 3.22. The van der Waals surface area contributed by atoms with Gasteiger partial charge in [-0.05, 0) is 68.7 Å². The first-order valence-electron chi connectivity index (χ1n) is 10.3. The minimum atomic E-state index is -0.0149. The van der Waals surface area contributed by atoms with E-state index in [2.05, 4.69) is 18.7 Å². The van der Waals surface area contributed by atoms with Crippen molar-refractivity contribution < 1.29 is 9.53 Å². The van der Waals surface area contributed by atoms with E-state index in [1.807, 2.05) is 60.5 Å². The lowest BCUT2D eigenvalue weighted by atomic mass is 10.2. The second-order valence-corrected chi connectivity index (χ2v) is 8.66. The summed E-state index contributed by atoms with van der Waals surface area (Å²) in [4.78, 5) is 23.5. The maximum atomic E-state index is 13.4. The quantitative estimate of drug-likeness (QED) is 0.342. The van der Waals surface area contributed by atoms with Gasteiger partial charge >= 0.3 is 0 Å². The van der Waals surface area contributed by atoms with Crippen LogP contribution in [0.1, 0.15) is 31.1 Å². The van der Waals surface area contributed by atoms with E-state index in [4.69, 9.17) is 9.72 Å². The van der Waals surface area contributed by atoms with Crippen molar-refractivity contribution in [1.82, 2.24) is 9.88 Å². The van der Waals surface area contributed by atoms with Crippen LogP contribution in [0, 0.1) is 0 Å². The van der Waals surface area contributed by atoms with Crippen molar-refractivity contribution in [2.24, 2.45) is 0 Å². The summed E-state index contributed by atoms with van der Waals surface area (Å²) in [6, 6.07) is 13.7. The maximum Gasteiger partial charge on any atom is 0.260 e. The number of ether oxygens (including phenoxy) is 1. The molecule has 0 atom stereocenters. The SMILES string of the molecule is CCOc1ccc2nc(N(CCN(CC)CC)C(=O)c3ccc(SC)cc3)sc2c1.Cl. The number of anilines is 1. The molecular weight excluding hydrogens is 450 g/mol. The second kappa shape index (κ2) is 12.3. The minimum Gasteiger partial charge on any atom is -0.494 e. The molecule has 2 aromatic carbocycles. The van der Waals surface area contributed by atoms with Crippen LogP contribution in [0.4, 0.5) is 5.13 Å². The number of carbonyl (C=O) groups is 1. The second-order valence-electron chi connectivity index (χ2n) is 6.77. The Balaban J connectivity index is 0.00000341. The van der Waals surface area contributed by atoms with E-state index in [0.717, 1.165) is 45.6 Å². The molecule has 0 fully saturated rings. The van der Waals surface area contributed by atoms with Gasteiger partial charge in [0, 0.05) is 23.5 Å². The van der Waals surface area contributed by atoms with E-state index in [-0.39, 0.29) is 18.3 Å². The van der Waals surface area contributed by atoms with Crippen LogP contribution in [0.3, 0.4) is 0 Å². The van der Waals surface area contributed by atoms with Crippen LogP contribution in [-0.4, -0.2) is 54.8 Å². The lowest BCUT2D eigenvalue weighted by molar-refractivity contribution is 0.0983. The molecule has 1 aromatic heterocycles. The molecule has 31 heavy (non-hydrogen) atoms. The minimum absolute atomic E-state index is 0. The zero-order valence-electron chi connectivity index (χ0n) is 18.5. The highest BCUT2D eigenvalue weighted by Gasteiger charge is 2.22. The summed E-state index contributed by atoms with van der Waals surface area (Å²) >= 11 is 3.20. The molecule has 5 nitrogen and oxygen atoms in total. The van der Waals surface area contributed by atoms with Crippen molar-refractivity contribution in [1.29, 1.82) is 0 Å². The van der Waals surface area contributed by atoms with Crippen LogP contribution in [0.15, 0.2) is 47.4 Å². The fraction of sp³-hybridized carbons (Fsp3) is 0.391. The zero-order valence-corrected chi connectivity index (χ0v) is 20.9. The number of likely N-dealkylation sites (N-methyl/N-ethyl adjacent to an activating group) is 1. The third kappa shape index (κ3) is 6.35. The summed E-state index contributed by atoms with van der Waals surface area (Å²) in [6.07, 6.45) is 2.03. The van der Waals surface area contributed by atoms with Gasteiger partial charge in [0.25, 0.3) is 5.91 Å². The number of halogens is 1. The van der Waals surface area contributed by atoms with Crippen LogP contribution < -0.4 is 9.64 Å². The molecule has 1 heterocycles. The third-order valence-electron chi connectivity index (χ3n) is 5.01. The lowest BCUT2D eigenvalue weighted by Gasteiger charge is -2.24. The number of hydrogen-bond donors (Lipinski definition) is 0. The normalized spacial score (nSPS) is 10.9. The first-order chi connectivity index (χ1) is 14.6. The van der Waals surface area contributed by atoms with E-state index in [9.17, 15) is 4.79 Å². The van der Waals surface area contributed by atoms with Crippen LogP contribution in [0.25, 0.3) is 10.2 Å². The fourth-order valence-corrected chi connectivity index (χ4v) is 4.65. The predicted molar refractivity (Wildman–Crippen MR) is 136 cm³/mol. The first-order valence-corrected chi connectivity index (χ1v) is 12.3. The standard InChI is InChI=1S/C23H29N3O2S2.ClH/c1-5-25(6-2)14-15-26(22(27)17-8-11-19(29-4)12-9-17)23-24-20-13-10-18(28-7-3)16-21(20)30-23;/h8-13,16H,5-7,14-15H2,1-4H3;1H. The number of benzene rings is 2. The molecule has 0 unspecified atom stereocenters. The average Bonchev–Trinajstić information content (AvgIpc) is 3.19. The molecule has 0 spiro atoms. The van der Waals surface area contributed by atoms with Crippen molar-refractivity contribution in [3.8, 4) is 5.75 Å². The molecule has 0 saturated carbocycles. The van der Waals surface area contributed by atoms with Crippen molar-refractivity contribution in [3.63, 3.8) is 0 Å². The number of hydrogen-bond acceptors (Lipinski definition) is 6. The molecule has 0 bridgehead atoms. The molecule has 3 aromatic rings. The summed E-state index contributed by atoms with van der Waals surface area (Å²) in [7, 11) is 0. The predicted octanol–water partition coefficient (Wildman–Crippen LogP) is 5.83. The molecule has 0 aliphatic heterocycles. The molecule has 0 aliphatic rings. The molecule has 8 heteroatoms. The Kier molecular flexibility index (Phi) is 10.1. The molecule has 0 radical (unpaired) electrons. The van der Waals surface area contributed by atoms with Gasteiger partial charge in [0.1, 0.15) is 5.75 Å². The van der Waals surface area contributed by atoms with Gasteiger partial charge < -0.3 is 9.64 Å². The van der Waals surface area contributed by atoms with Gasteiger partial charge in [0.05, 0.1) is 16.8 Å². The smallest absolute Gasteiger partial charge is 0.260 e. The lowest BCUT2D eigenvalue weighted by Crippen LogP contribution is -2.38. The van der Waals surface area contributed by atoms with E-state index < -0.39 is 0 Å². The summed E-state index contributed by atoms with van der Waals surface area (Å²) in [5, 5.41) is 0.727. The number of aromatic nitrogens is 1. The van der Waals surface area contributed by atoms with E-state index in [1.54, 1.807) is 11.8 Å². The number of carbonyl (C=O) groups excluding carboxylic acids is 1. The molecule has 0 saturated heterocycles. The maximum absolute atomic E-state index is 13.4. The number of fused-ring (bicyclic) bond motifs is 1. The number of amides is 1. The van der Waals surface area contributed by atoms with E-state index in [1.165, 1.54) is 11.3 Å². The molecule has 1 amide bonds. The van der Waals surface area contributed by atoms with Gasteiger partial charge in [-0.2, -0.15) is 0 Å². The third-order valence-corrected chi connectivity index (χ3v) is 6.79. The average molecular weight is 480 g/mol. The summed E-state index contributed by atoms with van der Waals surface area (Å²) < 4.78 is 6.64. The Morgan fingerprint density at radius 1 is 1.06 bits per heavy atom. The summed E-state index contributed by atoms with van der Waals surface area (Å²) in [5.74, 6) is 0.813. The highest BCUT2D eigenvalue weighted by molar-refractivity contribution is 7.98. The van der Waals surface area contributed by atoms with Crippen LogP contribution in [0.2, 0.25) is 0 Å². The zero-order chi connectivity index (χ0) is 21.5.